The number of ether oxygens (including phenoxy) is 2. The van der Waals surface area contributed by atoms with E-state index in [-0.39, 0.29) is 0 Å². The summed E-state index contributed by atoms with van der Waals surface area (Å²) in [5.74, 6) is 0. The number of hydrogen-bond donors (Lipinski definition) is 0. The molecular formula is C10H16O2S. The summed E-state index contributed by atoms with van der Waals surface area (Å²) in [6.45, 7) is 2.62. The lowest BCUT2D eigenvalue weighted by molar-refractivity contribution is 0.116. The van der Waals surface area contributed by atoms with Crippen LogP contribution in [0.1, 0.15) is 32.6 Å². The van der Waals surface area contributed by atoms with Crippen molar-refractivity contribution in [3.63, 3.8) is 0 Å². The lowest BCUT2D eigenvalue weighted by atomic mass is 10.1. The molecule has 0 amide bonds. The average Bonchev–Trinajstić information content (AvgIpc) is 2.17. The number of thiocarbonyl (C=S) groups is 1. The zero-order chi connectivity index (χ0) is 9.52. The van der Waals surface area contributed by atoms with Crippen LogP contribution in [0.5, 0.6) is 0 Å². The summed E-state index contributed by atoms with van der Waals surface area (Å²) >= 11 is 5.03. The Balaban J connectivity index is 2.11. The van der Waals surface area contributed by atoms with E-state index < -0.39 is 0 Å². The average molecular weight is 200 g/mol. The molecule has 1 heterocycles. The molecule has 0 aliphatic carbocycles. The largest absolute Gasteiger partial charge is 0.498 e. The van der Waals surface area contributed by atoms with Crippen molar-refractivity contribution in [3.05, 3.63) is 12.3 Å². The summed E-state index contributed by atoms with van der Waals surface area (Å²) in [5.41, 5.74) is 0. The highest BCUT2D eigenvalue weighted by molar-refractivity contribution is 7.80. The van der Waals surface area contributed by atoms with Gasteiger partial charge in [-0.3, -0.25) is 0 Å². The van der Waals surface area contributed by atoms with Crippen LogP contribution in [0.2, 0.25) is 0 Å². The molecular weight excluding hydrogens is 184 g/mol. The maximum absolute atomic E-state index is 5.41. The molecule has 0 saturated heterocycles. The molecule has 0 aromatic heterocycles. The monoisotopic (exact) mass is 200 g/mol. The predicted molar refractivity (Wildman–Crippen MR) is 56.7 cm³/mol. The van der Waals surface area contributed by atoms with E-state index in [1.807, 2.05) is 6.92 Å². The van der Waals surface area contributed by atoms with Gasteiger partial charge in [-0.2, -0.15) is 0 Å². The van der Waals surface area contributed by atoms with Gasteiger partial charge < -0.3 is 9.47 Å². The van der Waals surface area contributed by atoms with Gasteiger partial charge in [0.25, 0.3) is 0 Å². The second kappa shape index (κ2) is 5.97. The molecule has 1 atom stereocenters. The van der Waals surface area contributed by atoms with Gasteiger partial charge >= 0.3 is 0 Å². The first-order chi connectivity index (χ1) is 6.33. The molecule has 0 spiro atoms. The van der Waals surface area contributed by atoms with Gasteiger partial charge in [0.1, 0.15) is 0 Å². The van der Waals surface area contributed by atoms with E-state index in [4.69, 9.17) is 21.7 Å². The highest BCUT2D eigenvalue weighted by atomic mass is 32.1. The van der Waals surface area contributed by atoms with Gasteiger partial charge in [0.2, 0.25) is 0 Å². The van der Waals surface area contributed by atoms with Gasteiger partial charge in [-0.1, -0.05) is 0 Å². The fraction of sp³-hybridized carbons (Fsp3) is 0.700. The third kappa shape index (κ3) is 4.27. The van der Waals surface area contributed by atoms with Crippen molar-refractivity contribution < 1.29 is 9.47 Å². The van der Waals surface area contributed by atoms with E-state index in [1.165, 1.54) is 0 Å². The third-order valence-corrected chi connectivity index (χ3v) is 2.32. The van der Waals surface area contributed by atoms with Crippen LogP contribution in [0, 0.1) is 0 Å². The maximum atomic E-state index is 5.41. The van der Waals surface area contributed by atoms with Crippen LogP contribution in [0.3, 0.4) is 0 Å². The molecule has 0 saturated carbocycles. The van der Waals surface area contributed by atoms with E-state index in [0.29, 0.717) is 17.8 Å². The van der Waals surface area contributed by atoms with Gasteiger partial charge in [0, 0.05) is 6.42 Å². The molecule has 13 heavy (non-hydrogen) atoms. The van der Waals surface area contributed by atoms with Gasteiger partial charge in [-0.15, -0.1) is 0 Å². The van der Waals surface area contributed by atoms with Gasteiger partial charge in [-0.25, -0.2) is 0 Å². The molecule has 1 aliphatic rings. The Labute approximate surface area is 84.9 Å². The van der Waals surface area contributed by atoms with Gasteiger partial charge in [0.15, 0.2) is 5.05 Å². The molecule has 3 heteroatoms. The number of rotatable bonds is 4. The van der Waals surface area contributed by atoms with Crippen LogP contribution < -0.4 is 0 Å². The number of allylic oxidation sites excluding steroid dienone is 1. The van der Waals surface area contributed by atoms with Crippen molar-refractivity contribution in [1.82, 2.24) is 0 Å². The van der Waals surface area contributed by atoms with Crippen molar-refractivity contribution in [2.24, 2.45) is 0 Å². The summed E-state index contributed by atoms with van der Waals surface area (Å²) in [4.78, 5) is 0. The highest BCUT2D eigenvalue weighted by Crippen LogP contribution is 2.15. The lowest BCUT2D eigenvalue weighted by Crippen LogP contribution is -2.14. The fourth-order valence-electron chi connectivity index (χ4n) is 1.31. The summed E-state index contributed by atoms with van der Waals surface area (Å²) < 4.78 is 10.6. The first-order valence-corrected chi connectivity index (χ1v) is 5.20. The van der Waals surface area contributed by atoms with Crippen LogP contribution in [-0.2, 0) is 9.47 Å². The topological polar surface area (TPSA) is 18.5 Å². The standard InChI is InChI=1S/C10H16O2S/c1-2-11-10(13)7-6-9-5-3-4-8-12-9/h4,8-9H,2-3,5-7H2,1H3. The van der Waals surface area contributed by atoms with Crippen LogP contribution in [-0.4, -0.2) is 17.8 Å². The first-order valence-electron chi connectivity index (χ1n) is 4.79. The van der Waals surface area contributed by atoms with Crippen molar-refractivity contribution in [2.45, 2.75) is 38.7 Å². The Morgan fingerprint density at radius 3 is 3.15 bits per heavy atom. The normalized spacial score (nSPS) is 20.8. The van der Waals surface area contributed by atoms with Crippen molar-refractivity contribution in [2.75, 3.05) is 6.61 Å². The van der Waals surface area contributed by atoms with E-state index in [0.717, 1.165) is 25.7 Å². The molecule has 0 radical (unpaired) electrons. The minimum absolute atomic E-state index is 0.336. The second-order valence-electron chi connectivity index (χ2n) is 3.05. The molecule has 1 unspecified atom stereocenters. The smallest absolute Gasteiger partial charge is 0.159 e. The zero-order valence-corrected chi connectivity index (χ0v) is 8.81. The van der Waals surface area contributed by atoms with Crippen LogP contribution in [0.4, 0.5) is 0 Å². The Morgan fingerprint density at radius 2 is 2.54 bits per heavy atom. The molecule has 0 fully saturated rings. The lowest BCUT2D eigenvalue weighted by Gasteiger charge is -2.19. The molecule has 0 aromatic rings. The molecule has 2 nitrogen and oxygen atoms in total. The maximum Gasteiger partial charge on any atom is 0.159 e. The van der Waals surface area contributed by atoms with Crippen LogP contribution in [0.15, 0.2) is 12.3 Å². The Bertz CT molecular complexity index is 189. The van der Waals surface area contributed by atoms with Crippen molar-refractivity contribution in [3.8, 4) is 0 Å². The van der Waals surface area contributed by atoms with Crippen LogP contribution in [0.25, 0.3) is 0 Å². The minimum atomic E-state index is 0.336. The quantitative estimate of drug-likeness (QED) is 0.650. The van der Waals surface area contributed by atoms with Crippen LogP contribution >= 0.6 is 12.2 Å². The Morgan fingerprint density at radius 1 is 1.69 bits per heavy atom. The Kier molecular flexibility index (Phi) is 4.83. The van der Waals surface area contributed by atoms with E-state index in [9.17, 15) is 0 Å². The van der Waals surface area contributed by atoms with Crippen molar-refractivity contribution in [1.29, 1.82) is 0 Å². The summed E-state index contributed by atoms with van der Waals surface area (Å²) in [7, 11) is 0. The molecule has 0 bridgehead atoms. The Hall–Kier alpha value is -0.570. The molecule has 0 aromatic carbocycles. The first kappa shape index (κ1) is 10.5. The second-order valence-corrected chi connectivity index (χ2v) is 3.51. The van der Waals surface area contributed by atoms with Crippen molar-refractivity contribution >= 4 is 17.3 Å². The molecule has 74 valence electrons. The summed E-state index contributed by atoms with van der Waals surface area (Å²) in [6, 6.07) is 0. The van der Waals surface area contributed by atoms with Gasteiger partial charge in [-0.05, 0) is 44.5 Å². The summed E-state index contributed by atoms with van der Waals surface area (Å²) in [6.07, 6.45) is 8.21. The predicted octanol–water partition coefficient (Wildman–Crippen LogP) is 2.82. The van der Waals surface area contributed by atoms with E-state index in [2.05, 4.69) is 6.08 Å². The molecule has 0 N–H and O–H groups in total. The SMILES string of the molecule is CCOC(=S)CCC1CCC=CO1. The van der Waals surface area contributed by atoms with E-state index >= 15 is 0 Å². The third-order valence-electron chi connectivity index (χ3n) is 2.00. The molecule has 1 rings (SSSR count). The highest BCUT2D eigenvalue weighted by Gasteiger charge is 2.11. The molecule has 1 aliphatic heterocycles. The minimum Gasteiger partial charge on any atom is -0.498 e. The fourth-order valence-corrected chi connectivity index (χ4v) is 1.54. The zero-order valence-electron chi connectivity index (χ0n) is 7.99. The van der Waals surface area contributed by atoms with E-state index in [1.54, 1.807) is 6.26 Å². The van der Waals surface area contributed by atoms with Gasteiger partial charge in [0.05, 0.1) is 19.0 Å². The summed E-state index contributed by atoms with van der Waals surface area (Å²) in [5, 5.41) is 0.709. The number of hydrogen-bond acceptors (Lipinski definition) is 3.